The molecule has 4 aromatic rings. The Labute approximate surface area is 157 Å². The number of aromatic amines is 1. The summed E-state index contributed by atoms with van der Waals surface area (Å²) in [4.78, 5) is 7.88. The van der Waals surface area contributed by atoms with Crippen LogP contribution in [0.25, 0.3) is 10.9 Å². The summed E-state index contributed by atoms with van der Waals surface area (Å²) in [6.07, 6.45) is 1.96. The van der Waals surface area contributed by atoms with Gasteiger partial charge in [0.1, 0.15) is 17.3 Å². The summed E-state index contributed by atoms with van der Waals surface area (Å²) in [6, 6.07) is 16.2. The molecule has 0 aliphatic carbocycles. The molecule has 1 unspecified atom stereocenters. The molecule has 0 fully saturated rings. The van der Waals surface area contributed by atoms with Crippen molar-refractivity contribution in [2.24, 2.45) is 0 Å². The molecule has 0 bridgehead atoms. The van der Waals surface area contributed by atoms with Gasteiger partial charge in [0, 0.05) is 40.0 Å². The summed E-state index contributed by atoms with van der Waals surface area (Å²) >= 11 is 0. The fraction of sp³-hybridized carbons (Fsp3) is 0.136. The minimum absolute atomic E-state index is 0.0263. The number of aromatic nitrogens is 2. The van der Waals surface area contributed by atoms with Crippen LogP contribution in [-0.4, -0.2) is 20.2 Å². The third-order valence-corrected chi connectivity index (χ3v) is 4.77. The third-order valence-electron chi connectivity index (χ3n) is 4.77. The van der Waals surface area contributed by atoms with Crippen LogP contribution in [0.5, 0.6) is 11.5 Å². The maximum absolute atomic E-state index is 10.5. The maximum Gasteiger partial charge on any atom is 0.126 e. The Bertz CT molecular complexity index is 1120. The molecule has 27 heavy (non-hydrogen) atoms. The molecule has 2 heterocycles. The maximum atomic E-state index is 10.5. The number of phenolic OH excluding ortho intramolecular Hbond substituents is 2. The predicted octanol–water partition coefficient (Wildman–Crippen LogP) is 4.79. The fourth-order valence-electron chi connectivity index (χ4n) is 3.44. The molecule has 0 saturated heterocycles. The fourth-order valence-corrected chi connectivity index (χ4v) is 3.44. The zero-order chi connectivity index (χ0) is 19.0. The molecule has 0 spiro atoms. The lowest BCUT2D eigenvalue weighted by Gasteiger charge is -2.21. The second kappa shape index (κ2) is 6.68. The van der Waals surface area contributed by atoms with E-state index in [-0.39, 0.29) is 17.5 Å². The van der Waals surface area contributed by atoms with Crippen LogP contribution >= 0.6 is 0 Å². The van der Waals surface area contributed by atoms with Gasteiger partial charge in [-0.3, -0.25) is 0 Å². The molecule has 0 amide bonds. The van der Waals surface area contributed by atoms with E-state index in [1.54, 1.807) is 12.1 Å². The van der Waals surface area contributed by atoms with Crippen molar-refractivity contribution in [1.82, 2.24) is 9.97 Å². The Hall–Kier alpha value is -3.47. The van der Waals surface area contributed by atoms with Gasteiger partial charge in [0.15, 0.2) is 0 Å². The summed E-state index contributed by atoms with van der Waals surface area (Å²) in [5, 5.41) is 24.7. The Kier molecular flexibility index (Phi) is 4.20. The number of hydrogen-bond donors (Lipinski definition) is 4. The first-order chi connectivity index (χ1) is 13.0. The number of phenols is 2. The van der Waals surface area contributed by atoms with Crippen LogP contribution in [0.3, 0.4) is 0 Å². The zero-order valence-electron chi connectivity index (χ0n) is 15.2. The van der Waals surface area contributed by atoms with Gasteiger partial charge in [-0.2, -0.15) is 0 Å². The molecule has 4 rings (SSSR count). The van der Waals surface area contributed by atoms with Crippen molar-refractivity contribution >= 4 is 16.7 Å². The monoisotopic (exact) mass is 359 g/mol. The van der Waals surface area contributed by atoms with E-state index in [0.29, 0.717) is 5.56 Å². The molecular weight excluding hydrogens is 338 g/mol. The van der Waals surface area contributed by atoms with Crippen LogP contribution < -0.4 is 5.32 Å². The molecule has 136 valence electrons. The van der Waals surface area contributed by atoms with Crippen molar-refractivity contribution in [3.8, 4) is 11.5 Å². The van der Waals surface area contributed by atoms with Crippen LogP contribution in [0, 0.1) is 13.8 Å². The van der Waals surface area contributed by atoms with E-state index in [1.807, 2.05) is 37.4 Å². The summed E-state index contributed by atoms with van der Waals surface area (Å²) in [6.45, 7) is 4.00. The Balaban J connectivity index is 1.88. The van der Waals surface area contributed by atoms with Gasteiger partial charge in [-0.15, -0.1) is 0 Å². The van der Waals surface area contributed by atoms with Gasteiger partial charge in [0.05, 0.1) is 6.04 Å². The highest BCUT2D eigenvalue weighted by molar-refractivity contribution is 5.87. The first-order valence-corrected chi connectivity index (χ1v) is 8.81. The second-order valence-electron chi connectivity index (χ2n) is 6.73. The highest BCUT2D eigenvalue weighted by Gasteiger charge is 2.22. The topological polar surface area (TPSA) is 81.2 Å². The Morgan fingerprint density at radius 3 is 2.56 bits per heavy atom. The largest absolute Gasteiger partial charge is 0.508 e. The van der Waals surface area contributed by atoms with Gasteiger partial charge >= 0.3 is 0 Å². The van der Waals surface area contributed by atoms with Crippen molar-refractivity contribution in [1.29, 1.82) is 0 Å². The van der Waals surface area contributed by atoms with Crippen LogP contribution in [0.2, 0.25) is 0 Å². The minimum atomic E-state index is -0.338. The zero-order valence-corrected chi connectivity index (χ0v) is 15.2. The normalized spacial score (nSPS) is 12.2. The molecule has 0 aliphatic heterocycles. The minimum Gasteiger partial charge on any atom is -0.508 e. The van der Waals surface area contributed by atoms with Crippen molar-refractivity contribution in [3.05, 3.63) is 83.2 Å². The molecule has 2 aromatic heterocycles. The van der Waals surface area contributed by atoms with Gasteiger partial charge < -0.3 is 20.5 Å². The van der Waals surface area contributed by atoms with E-state index in [4.69, 9.17) is 0 Å². The van der Waals surface area contributed by atoms with Crippen molar-refractivity contribution in [2.75, 3.05) is 5.32 Å². The smallest absolute Gasteiger partial charge is 0.126 e. The lowest BCUT2D eigenvalue weighted by Crippen LogP contribution is -2.13. The number of anilines is 1. The first kappa shape index (κ1) is 17.0. The van der Waals surface area contributed by atoms with E-state index >= 15 is 0 Å². The molecule has 5 nitrogen and oxygen atoms in total. The molecule has 2 aromatic carbocycles. The molecule has 4 N–H and O–H groups in total. The number of aryl methyl sites for hydroxylation is 2. The van der Waals surface area contributed by atoms with E-state index in [1.165, 1.54) is 6.07 Å². The standard InChI is InChI=1S/C22H21N3O2/c1-13-5-3-7-16-18(12-23-21(13)16)22(17-10-9-15(26)11-19(17)27)25-20-8-4-6-14(2)24-20/h3-12,22-23,26-27H,1-2H3,(H,24,25). The number of pyridine rings is 1. The predicted molar refractivity (Wildman–Crippen MR) is 107 cm³/mol. The highest BCUT2D eigenvalue weighted by Crippen LogP contribution is 2.37. The molecule has 5 heteroatoms. The van der Waals surface area contributed by atoms with Gasteiger partial charge in [0.25, 0.3) is 0 Å². The van der Waals surface area contributed by atoms with Gasteiger partial charge in [-0.25, -0.2) is 4.98 Å². The number of nitrogens with zero attached hydrogens (tertiary/aromatic N) is 1. The molecule has 0 saturated carbocycles. The number of hydrogen-bond acceptors (Lipinski definition) is 4. The third kappa shape index (κ3) is 3.19. The summed E-state index contributed by atoms with van der Waals surface area (Å²) in [5.74, 6) is 0.773. The molecule has 0 aliphatic rings. The average molecular weight is 359 g/mol. The number of benzene rings is 2. The number of H-pyrrole nitrogens is 1. The average Bonchev–Trinajstić information content (AvgIpc) is 3.06. The van der Waals surface area contributed by atoms with Crippen molar-refractivity contribution in [3.63, 3.8) is 0 Å². The van der Waals surface area contributed by atoms with Gasteiger partial charge in [0.2, 0.25) is 0 Å². The van der Waals surface area contributed by atoms with Gasteiger partial charge in [-0.05, 0) is 43.7 Å². The molecule has 1 atom stereocenters. The molecular formula is C22H21N3O2. The number of aromatic hydroxyl groups is 2. The van der Waals surface area contributed by atoms with E-state index < -0.39 is 0 Å². The summed E-state index contributed by atoms with van der Waals surface area (Å²) < 4.78 is 0. The van der Waals surface area contributed by atoms with Crippen molar-refractivity contribution in [2.45, 2.75) is 19.9 Å². The number of para-hydroxylation sites is 1. The number of nitrogens with one attached hydrogen (secondary N) is 2. The van der Waals surface area contributed by atoms with E-state index in [2.05, 4.69) is 34.3 Å². The number of rotatable bonds is 4. The van der Waals surface area contributed by atoms with Crippen LogP contribution in [0.1, 0.15) is 28.4 Å². The van der Waals surface area contributed by atoms with Crippen molar-refractivity contribution < 1.29 is 10.2 Å². The van der Waals surface area contributed by atoms with E-state index in [9.17, 15) is 10.2 Å². The van der Waals surface area contributed by atoms with Crippen LogP contribution in [0.4, 0.5) is 5.82 Å². The quantitative estimate of drug-likeness (QED) is 0.422. The van der Waals surface area contributed by atoms with E-state index in [0.717, 1.165) is 33.5 Å². The molecule has 0 radical (unpaired) electrons. The second-order valence-corrected chi connectivity index (χ2v) is 6.73. The summed E-state index contributed by atoms with van der Waals surface area (Å²) in [7, 11) is 0. The number of fused-ring (bicyclic) bond motifs is 1. The Morgan fingerprint density at radius 1 is 0.963 bits per heavy atom. The van der Waals surface area contributed by atoms with Crippen LogP contribution in [-0.2, 0) is 0 Å². The van der Waals surface area contributed by atoms with Gasteiger partial charge in [-0.1, -0.05) is 24.3 Å². The lowest BCUT2D eigenvalue weighted by molar-refractivity contribution is 0.445. The SMILES string of the molecule is Cc1cccc(NC(c2ccc(O)cc2O)c2c[nH]c3c(C)cccc23)n1. The van der Waals surface area contributed by atoms with Crippen LogP contribution in [0.15, 0.2) is 60.8 Å². The Morgan fingerprint density at radius 2 is 1.78 bits per heavy atom. The summed E-state index contributed by atoms with van der Waals surface area (Å²) in [5.41, 5.74) is 4.79. The lowest BCUT2D eigenvalue weighted by atomic mass is 9.96. The highest BCUT2D eigenvalue weighted by atomic mass is 16.3. The first-order valence-electron chi connectivity index (χ1n) is 8.81.